The average Bonchev–Trinajstić information content (AvgIpc) is 2.85. The van der Waals surface area contributed by atoms with Crippen LogP contribution in [0.4, 0.5) is 0 Å². The van der Waals surface area contributed by atoms with Gasteiger partial charge in [0.1, 0.15) is 0 Å². The molecule has 0 atom stereocenters. The Hall–Kier alpha value is -1.95. The topological polar surface area (TPSA) is 79.5 Å². The van der Waals surface area contributed by atoms with E-state index in [1.807, 2.05) is 0 Å². The molecule has 100 valence electrons. The molecule has 0 saturated heterocycles. The lowest BCUT2D eigenvalue weighted by atomic mass is 9.93. The number of nitrogens with zero attached hydrogens (tertiary/aromatic N) is 3. The fourth-order valence-corrected chi connectivity index (χ4v) is 2.42. The molecule has 0 aliphatic heterocycles. The fraction of sp³-hybridized carbons (Fsp3) is 0.462. The molecule has 1 aliphatic rings. The van der Waals surface area contributed by atoms with E-state index in [-0.39, 0.29) is 18.1 Å². The summed E-state index contributed by atoms with van der Waals surface area (Å²) < 4.78 is 1.58. The number of fused-ring (bicyclic) bond motifs is 1. The van der Waals surface area contributed by atoms with Crippen LogP contribution in [0.3, 0.4) is 0 Å². The smallest absolute Gasteiger partial charge is 0.272 e. The Bertz CT molecular complexity index is 554. The van der Waals surface area contributed by atoms with Gasteiger partial charge >= 0.3 is 0 Å². The van der Waals surface area contributed by atoms with Crippen LogP contribution >= 0.6 is 0 Å². The Morgan fingerprint density at radius 1 is 1.37 bits per heavy atom. The Morgan fingerprint density at radius 3 is 2.89 bits per heavy atom. The van der Waals surface area contributed by atoms with Gasteiger partial charge in [0.15, 0.2) is 11.3 Å². The van der Waals surface area contributed by atoms with Gasteiger partial charge in [0.05, 0.1) is 6.10 Å². The van der Waals surface area contributed by atoms with Crippen molar-refractivity contribution in [2.75, 3.05) is 0 Å². The van der Waals surface area contributed by atoms with Gasteiger partial charge in [-0.05, 0) is 31.7 Å². The molecule has 1 saturated carbocycles. The van der Waals surface area contributed by atoms with E-state index in [1.165, 1.54) is 0 Å². The maximum Gasteiger partial charge on any atom is 0.272 e. The first-order valence-corrected chi connectivity index (χ1v) is 6.52. The number of carbonyl (C=O) groups is 1. The summed E-state index contributed by atoms with van der Waals surface area (Å²) in [6, 6.07) is 3.57. The van der Waals surface area contributed by atoms with E-state index in [4.69, 9.17) is 0 Å². The number of aliphatic hydroxyl groups excluding tert-OH is 1. The van der Waals surface area contributed by atoms with Gasteiger partial charge < -0.3 is 10.4 Å². The number of hydrogen-bond acceptors (Lipinski definition) is 4. The molecule has 0 aromatic carbocycles. The van der Waals surface area contributed by atoms with Crippen LogP contribution in [0.25, 0.3) is 5.65 Å². The van der Waals surface area contributed by atoms with Crippen LogP contribution in [0.2, 0.25) is 0 Å². The monoisotopic (exact) mass is 260 g/mol. The summed E-state index contributed by atoms with van der Waals surface area (Å²) in [6.45, 7) is 0. The van der Waals surface area contributed by atoms with E-state index in [0.717, 1.165) is 25.7 Å². The normalized spacial score (nSPS) is 23.4. The van der Waals surface area contributed by atoms with Gasteiger partial charge in [0.25, 0.3) is 5.91 Å². The predicted octanol–water partition coefficient (Wildman–Crippen LogP) is 0.763. The molecular weight excluding hydrogens is 244 g/mol. The largest absolute Gasteiger partial charge is 0.393 e. The second-order valence-corrected chi connectivity index (χ2v) is 4.93. The Morgan fingerprint density at radius 2 is 2.16 bits per heavy atom. The van der Waals surface area contributed by atoms with Crippen molar-refractivity contribution in [1.29, 1.82) is 0 Å². The molecule has 19 heavy (non-hydrogen) atoms. The highest BCUT2D eigenvalue weighted by Crippen LogP contribution is 2.18. The van der Waals surface area contributed by atoms with E-state index in [1.54, 1.807) is 29.0 Å². The minimum atomic E-state index is -0.215. The molecule has 6 heteroatoms. The van der Waals surface area contributed by atoms with Gasteiger partial charge in [-0.25, -0.2) is 9.50 Å². The second kappa shape index (κ2) is 4.97. The standard InChI is InChI=1S/C13H16N4O2/c18-10-4-2-9(3-5-10)15-13(19)11-8-12-14-6-1-7-17(12)16-11/h1,6-10,18H,2-5H2,(H,15,19). The van der Waals surface area contributed by atoms with E-state index in [0.29, 0.717) is 11.3 Å². The lowest BCUT2D eigenvalue weighted by Gasteiger charge is -2.25. The average molecular weight is 260 g/mol. The van der Waals surface area contributed by atoms with Crippen molar-refractivity contribution in [2.45, 2.75) is 37.8 Å². The minimum absolute atomic E-state index is 0.133. The Balaban J connectivity index is 1.70. The summed E-state index contributed by atoms with van der Waals surface area (Å²) in [4.78, 5) is 16.2. The highest BCUT2D eigenvalue weighted by Gasteiger charge is 2.22. The van der Waals surface area contributed by atoms with Crippen LogP contribution in [-0.2, 0) is 0 Å². The molecule has 0 radical (unpaired) electrons. The summed E-state index contributed by atoms with van der Waals surface area (Å²) in [6.07, 6.45) is 6.34. The predicted molar refractivity (Wildman–Crippen MR) is 68.7 cm³/mol. The highest BCUT2D eigenvalue weighted by molar-refractivity contribution is 5.93. The molecule has 0 bridgehead atoms. The first-order valence-electron chi connectivity index (χ1n) is 6.52. The van der Waals surface area contributed by atoms with Crippen LogP contribution in [-0.4, -0.2) is 37.8 Å². The third-order valence-electron chi connectivity index (χ3n) is 3.50. The first-order chi connectivity index (χ1) is 9.22. The van der Waals surface area contributed by atoms with Crippen molar-refractivity contribution in [3.63, 3.8) is 0 Å². The number of nitrogens with one attached hydrogen (secondary N) is 1. The number of carbonyl (C=O) groups excluding carboxylic acids is 1. The highest BCUT2D eigenvalue weighted by atomic mass is 16.3. The summed E-state index contributed by atoms with van der Waals surface area (Å²) in [5.74, 6) is -0.174. The molecule has 2 aromatic heterocycles. The zero-order valence-corrected chi connectivity index (χ0v) is 10.5. The van der Waals surface area contributed by atoms with Crippen molar-refractivity contribution in [3.8, 4) is 0 Å². The van der Waals surface area contributed by atoms with Gasteiger partial charge in [-0.15, -0.1) is 0 Å². The fourth-order valence-electron chi connectivity index (χ4n) is 2.42. The number of hydrogen-bond donors (Lipinski definition) is 2. The number of aliphatic hydroxyl groups is 1. The quantitative estimate of drug-likeness (QED) is 0.835. The van der Waals surface area contributed by atoms with E-state index >= 15 is 0 Å². The first kappa shape index (κ1) is 12.1. The van der Waals surface area contributed by atoms with Gasteiger partial charge in [-0.1, -0.05) is 0 Å². The molecule has 6 nitrogen and oxygen atoms in total. The second-order valence-electron chi connectivity index (χ2n) is 4.93. The third kappa shape index (κ3) is 2.58. The summed E-state index contributed by atoms with van der Waals surface area (Å²) in [7, 11) is 0. The lowest BCUT2D eigenvalue weighted by molar-refractivity contribution is 0.0863. The number of rotatable bonds is 2. The number of aromatic nitrogens is 3. The molecule has 3 rings (SSSR count). The lowest BCUT2D eigenvalue weighted by Crippen LogP contribution is -2.38. The third-order valence-corrected chi connectivity index (χ3v) is 3.50. The minimum Gasteiger partial charge on any atom is -0.393 e. The van der Waals surface area contributed by atoms with Gasteiger partial charge in [-0.3, -0.25) is 4.79 Å². The van der Waals surface area contributed by atoms with Gasteiger partial charge in [-0.2, -0.15) is 5.10 Å². The molecule has 1 aliphatic carbocycles. The van der Waals surface area contributed by atoms with Gasteiger partial charge in [0, 0.05) is 24.5 Å². The maximum atomic E-state index is 12.1. The van der Waals surface area contributed by atoms with Crippen molar-refractivity contribution < 1.29 is 9.90 Å². The van der Waals surface area contributed by atoms with Gasteiger partial charge in [0.2, 0.25) is 0 Å². The van der Waals surface area contributed by atoms with E-state index < -0.39 is 0 Å². The zero-order valence-electron chi connectivity index (χ0n) is 10.5. The van der Waals surface area contributed by atoms with Crippen LogP contribution in [0.15, 0.2) is 24.5 Å². The van der Waals surface area contributed by atoms with Crippen LogP contribution in [0.5, 0.6) is 0 Å². The summed E-state index contributed by atoms with van der Waals surface area (Å²) >= 11 is 0. The molecule has 1 fully saturated rings. The van der Waals surface area contributed by atoms with Crippen LogP contribution < -0.4 is 5.32 Å². The van der Waals surface area contributed by atoms with Crippen molar-refractivity contribution in [1.82, 2.24) is 19.9 Å². The van der Waals surface area contributed by atoms with E-state index in [9.17, 15) is 9.90 Å². The SMILES string of the molecule is O=C(NC1CCC(O)CC1)c1cc2ncccn2n1. The molecule has 2 N–H and O–H groups in total. The zero-order chi connectivity index (χ0) is 13.2. The van der Waals surface area contributed by atoms with Crippen molar-refractivity contribution in [2.24, 2.45) is 0 Å². The Labute approximate surface area is 110 Å². The molecule has 2 aromatic rings. The Kier molecular flexibility index (Phi) is 3.16. The van der Waals surface area contributed by atoms with Crippen LogP contribution in [0, 0.1) is 0 Å². The molecule has 0 unspecified atom stereocenters. The summed E-state index contributed by atoms with van der Waals surface area (Å²) in [5, 5.41) is 16.6. The van der Waals surface area contributed by atoms with Crippen LogP contribution in [0.1, 0.15) is 36.2 Å². The van der Waals surface area contributed by atoms with E-state index in [2.05, 4.69) is 15.4 Å². The molecule has 0 spiro atoms. The number of amides is 1. The van der Waals surface area contributed by atoms with Crippen molar-refractivity contribution in [3.05, 3.63) is 30.2 Å². The maximum absolute atomic E-state index is 12.1. The summed E-state index contributed by atoms with van der Waals surface area (Å²) in [5.41, 5.74) is 1.04. The molecule has 1 amide bonds. The van der Waals surface area contributed by atoms with Crippen molar-refractivity contribution >= 4 is 11.6 Å². The molecular formula is C13H16N4O2. The molecule has 2 heterocycles.